The van der Waals surface area contributed by atoms with Crippen LogP contribution in [0.25, 0.3) is 10.9 Å². The van der Waals surface area contributed by atoms with Crippen molar-refractivity contribution in [2.45, 2.75) is 58.4 Å². The molecule has 0 amide bonds. The van der Waals surface area contributed by atoms with Crippen LogP contribution in [0.2, 0.25) is 0 Å². The van der Waals surface area contributed by atoms with Crippen molar-refractivity contribution in [2.24, 2.45) is 0 Å². The van der Waals surface area contributed by atoms with Crippen LogP contribution >= 0.6 is 0 Å². The van der Waals surface area contributed by atoms with Gasteiger partial charge < -0.3 is 10.3 Å². The van der Waals surface area contributed by atoms with Crippen LogP contribution in [0.1, 0.15) is 64.1 Å². The quantitative estimate of drug-likeness (QED) is 0.605. The number of H-pyrrole nitrogens is 1. The zero-order valence-electron chi connectivity index (χ0n) is 12.9. The van der Waals surface area contributed by atoms with Gasteiger partial charge in [-0.05, 0) is 37.4 Å². The molecule has 20 heavy (non-hydrogen) atoms. The molecule has 0 aliphatic heterocycles. The van der Waals surface area contributed by atoms with Crippen molar-refractivity contribution in [3.05, 3.63) is 36.0 Å². The molecule has 1 aromatic carbocycles. The number of rotatable bonds is 9. The van der Waals surface area contributed by atoms with E-state index in [0.717, 1.165) is 6.54 Å². The molecule has 2 rings (SSSR count). The van der Waals surface area contributed by atoms with Crippen molar-refractivity contribution in [1.82, 2.24) is 10.3 Å². The first kappa shape index (κ1) is 15.1. The molecule has 110 valence electrons. The maximum atomic E-state index is 3.62. The summed E-state index contributed by atoms with van der Waals surface area (Å²) in [5.41, 5.74) is 2.52. The number of benzene rings is 1. The van der Waals surface area contributed by atoms with Gasteiger partial charge in [0.15, 0.2) is 0 Å². The second-order valence-electron chi connectivity index (χ2n) is 5.76. The van der Waals surface area contributed by atoms with Crippen LogP contribution in [0, 0.1) is 0 Å². The standard InChI is InChI=1S/C18H28N2/c1-3-4-5-6-7-10-13-19-15(2)18-14-16-11-8-9-12-17(16)20-18/h8-9,11-12,14-15,19-20H,3-7,10,13H2,1-2H3. The second-order valence-corrected chi connectivity index (χ2v) is 5.76. The average molecular weight is 272 g/mol. The van der Waals surface area contributed by atoms with Crippen LogP contribution in [0.4, 0.5) is 0 Å². The third kappa shape index (κ3) is 4.38. The van der Waals surface area contributed by atoms with Gasteiger partial charge in [0.1, 0.15) is 0 Å². The summed E-state index contributed by atoms with van der Waals surface area (Å²) in [6.07, 6.45) is 8.14. The van der Waals surface area contributed by atoms with Crippen LogP contribution in [0.15, 0.2) is 30.3 Å². The zero-order chi connectivity index (χ0) is 14.2. The summed E-state index contributed by atoms with van der Waals surface area (Å²) in [6, 6.07) is 11.1. The summed E-state index contributed by atoms with van der Waals surface area (Å²) in [6.45, 7) is 5.62. The number of aromatic amines is 1. The van der Waals surface area contributed by atoms with Gasteiger partial charge in [-0.3, -0.25) is 0 Å². The maximum Gasteiger partial charge on any atom is 0.0456 e. The molecule has 2 heteroatoms. The van der Waals surface area contributed by atoms with Crippen LogP contribution in [0.5, 0.6) is 0 Å². The van der Waals surface area contributed by atoms with Crippen molar-refractivity contribution >= 4 is 10.9 Å². The van der Waals surface area contributed by atoms with E-state index in [1.165, 1.54) is 55.1 Å². The Morgan fingerprint density at radius 3 is 2.60 bits per heavy atom. The molecule has 2 nitrogen and oxygen atoms in total. The molecule has 1 heterocycles. The molecule has 2 N–H and O–H groups in total. The first-order chi connectivity index (χ1) is 9.81. The second kappa shape index (κ2) is 8.11. The van der Waals surface area contributed by atoms with Crippen LogP contribution in [-0.4, -0.2) is 11.5 Å². The highest BCUT2D eigenvalue weighted by atomic mass is 14.9. The van der Waals surface area contributed by atoms with Gasteiger partial charge in [0.25, 0.3) is 0 Å². The van der Waals surface area contributed by atoms with Crippen LogP contribution in [-0.2, 0) is 0 Å². The third-order valence-electron chi connectivity index (χ3n) is 4.00. The number of unbranched alkanes of at least 4 members (excludes halogenated alkanes) is 5. The largest absolute Gasteiger partial charge is 0.357 e. The van der Waals surface area contributed by atoms with Gasteiger partial charge in [-0.15, -0.1) is 0 Å². The number of para-hydroxylation sites is 1. The van der Waals surface area contributed by atoms with Crippen molar-refractivity contribution in [1.29, 1.82) is 0 Å². The smallest absolute Gasteiger partial charge is 0.0456 e. The SMILES string of the molecule is CCCCCCCCNC(C)c1cc2ccccc2[nH]1. The van der Waals surface area contributed by atoms with Gasteiger partial charge in [0.2, 0.25) is 0 Å². The molecule has 0 fully saturated rings. The van der Waals surface area contributed by atoms with E-state index in [1.807, 2.05) is 0 Å². The predicted octanol–water partition coefficient (Wildman–Crippen LogP) is 5.18. The maximum absolute atomic E-state index is 3.62. The lowest BCUT2D eigenvalue weighted by Crippen LogP contribution is -2.20. The highest BCUT2D eigenvalue weighted by Gasteiger charge is 2.07. The van der Waals surface area contributed by atoms with Gasteiger partial charge in [0, 0.05) is 17.3 Å². The number of fused-ring (bicyclic) bond motifs is 1. The van der Waals surface area contributed by atoms with E-state index in [-0.39, 0.29) is 0 Å². The molecule has 0 spiro atoms. The van der Waals surface area contributed by atoms with Crippen molar-refractivity contribution in [2.75, 3.05) is 6.54 Å². The lowest BCUT2D eigenvalue weighted by molar-refractivity contribution is 0.522. The van der Waals surface area contributed by atoms with E-state index in [0.29, 0.717) is 6.04 Å². The highest BCUT2D eigenvalue weighted by Crippen LogP contribution is 2.19. The van der Waals surface area contributed by atoms with E-state index in [2.05, 4.69) is 54.5 Å². The van der Waals surface area contributed by atoms with Crippen LogP contribution in [0.3, 0.4) is 0 Å². The molecule has 0 radical (unpaired) electrons. The molecule has 0 saturated carbocycles. The molecule has 2 aromatic rings. The molecule has 0 aliphatic rings. The highest BCUT2D eigenvalue weighted by molar-refractivity contribution is 5.80. The first-order valence-corrected chi connectivity index (χ1v) is 8.12. The third-order valence-corrected chi connectivity index (χ3v) is 4.00. The molecule has 1 aromatic heterocycles. The number of hydrogen-bond acceptors (Lipinski definition) is 1. The van der Waals surface area contributed by atoms with E-state index < -0.39 is 0 Å². The summed E-state index contributed by atoms with van der Waals surface area (Å²) >= 11 is 0. The van der Waals surface area contributed by atoms with Crippen molar-refractivity contribution in [3.8, 4) is 0 Å². The normalized spacial score (nSPS) is 12.9. The summed E-state index contributed by atoms with van der Waals surface area (Å²) in [7, 11) is 0. The van der Waals surface area contributed by atoms with Gasteiger partial charge in [-0.2, -0.15) is 0 Å². The fourth-order valence-electron chi connectivity index (χ4n) is 2.66. The predicted molar refractivity (Wildman–Crippen MR) is 88.1 cm³/mol. The Labute approximate surface area is 123 Å². The van der Waals surface area contributed by atoms with E-state index >= 15 is 0 Å². The summed E-state index contributed by atoms with van der Waals surface area (Å²) in [4.78, 5) is 3.50. The van der Waals surface area contributed by atoms with Crippen molar-refractivity contribution < 1.29 is 0 Å². The Hall–Kier alpha value is -1.28. The monoisotopic (exact) mass is 272 g/mol. The minimum Gasteiger partial charge on any atom is -0.357 e. The van der Waals surface area contributed by atoms with E-state index in [9.17, 15) is 0 Å². The van der Waals surface area contributed by atoms with Gasteiger partial charge in [0.05, 0.1) is 0 Å². The Balaban J connectivity index is 1.70. The molecule has 0 bridgehead atoms. The van der Waals surface area contributed by atoms with Gasteiger partial charge in [-0.1, -0.05) is 57.2 Å². The Morgan fingerprint density at radius 1 is 1.05 bits per heavy atom. The summed E-state index contributed by atoms with van der Waals surface area (Å²) in [5, 5.41) is 4.92. The number of nitrogens with one attached hydrogen (secondary N) is 2. The Kier molecular flexibility index (Phi) is 6.13. The van der Waals surface area contributed by atoms with Gasteiger partial charge >= 0.3 is 0 Å². The summed E-state index contributed by atoms with van der Waals surface area (Å²) in [5.74, 6) is 0. The zero-order valence-corrected chi connectivity index (χ0v) is 12.9. The van der Waals surface area contributed by atoms with E-state index in [4.69, 9.17) is 0 Å². The Bertz CT molecular complexity index is 468. The average Bonchev–Trinajstić information content (AvgIpc) is 2.90. The minimum atomic E-state index is 0.401. The molecule has 0 saturated heterocycles. The lowest BCUT2D eigenvalue weighted by atomic mass is 10.1. The lowest BCUT2D eigenvalue weighted by Gasteiger charge is -2.12. The Morgan fingerprint density at radius 2 is 1.80 bits per heavy atom. The van der Waals surface area contributed by atoms with Crippen molar-refractivity contribution in [3.63, 3.8) is 0 Å². The summed E-state index contributed by atoms with van der Waals surface area (Å²) < 4.78 is 0. The molecule has 1 unspecified atom stereocenters. The minimum absolute atomic E-state index is 0.401. The fraction of sp³-hybridized carbons (Fsp3) is 0.556. The van der Waals surface area contributed by atoms with Gasteiger partial charge in [-0.25, -0.2) is 0 Å². The molecule has 0 aliphatic carbocycles. The van der Waals surface area contributed by atoms with E-state index in [1.54, 1.807) is 0 Å². The molecule has 1 atom stereocenters. The fourth-order valence-corrected chi connectivity index (χ4v) is 2.66. The first-order valence-electron chi connectivity index (χ1n) is 8.12. The number of aromatic nitrogens is 1. The topological polar surface area (TPSA) is 27.8 Å². The molecular formula is C18H28N2. The van der Waals surface area contributed by atoms with Crippen LogP contribution < -0.4 is 5.32 Å². The number of hydrogen-bond donors (Lipinski definition) is 2. The molecular weight excluding hydrogens is 244 g/mol.